The minimum atomic E-state index is -3.07. The molecule has 5 heteroatoms. The molecule has 1 aliphatic rings. The molecular formula is C15H22ClNO2S. The van der Waals surface area contributed by atoms with Crippen LogP contribution in [0.4, 0.5) is 0 Å². The highest BCUT2D eigenvalue weighted by atomic mass is 35.5. The third kappa shape index (κ3) is 3.35. The SMILES string of the molecule is CC(C)(CN1CCC[C@H]1c1cccc(Cl)c1)S(C)(=O)=O. The topological polar surface area (TPSA) is 37.4 Å². The van der Waals surface area contributed by atoms with E-state index in [2.05, 4.69) is 11.0 Å². The molecule has 0 radical (unpaired) electrons. The van der Waals surface area contributed by atoms with Crippen LogP contribution in [-0.4, -0.2) is 37.4 Å². The van der Waals surface area contributed by atoms with Crippen LogP contribution in [0.15, 0.2) is 24.3 Å². The molecule has 0 aliphatic carbocycles. The van der Waals surface area contributed by atoms with Gasteiger partial charge in [0.2, 0.25) is 0 Å². The molecule has 0 N–H and O–H groups in total. The Bertz CT molecular complexity index is 583. The molecule has 0 amide bonds. The van der Waals surface area contributed by atoms with Crippen LogP contribution >= 0.6 is 11.6 Å². The molecule has 2 rings (SSSR count). The van der Waals surface area contributed by atoms with E-state index in [4.69, 9.17) is 11.6 Å². The van der Waals surface area contributed by atoms with Gasteiger partial charge in [0, 0.05) is 23.9 Å². The molecule has 1 heterocycles. The van der Waals surface area contributed by atoms with E-state index >= 15 is 0 Å². The maximum Gasteiger partial charge on any atom is 0.153 e. The Kier molecular flexibility index (Phi) is 4.47. The van der Waals surface area contributed by atoms with Crippen LogP contribution in [0.5, 0.6) is 0 Å². The fraction of sp³-hybridized carbons (Fsp3) is 0.600. The molecule has 20 heavy (non-hydrogen) atoms. The van der Waals surface area contributed by atoms with Crippen molar-refractivity contribution in [2.45, 2.75) is 37.5 Å². The Morgan fingerprint density at radius 1 is 1.40 bits per heavy atom. The second kappa shape index (κ2) is 5.66. The molecule has 1 saturated heterocycles. The van der Waals surface area contributed by atoms with Gasteiger partial charge in [-0.3, -0.25) is 4.90 Å². The van der Waals surface area contributed by atoms with Gasteiger partial charge in [-0.25, -0.2) is 8.42 Å². The van der Waals surface area contributed by atoms with E-state index in [9.17, 15) is 8.42 Å². The van der Waals surface area contributed by atoms with Crippen molar-refractivity contribution in [1.29, 1.82) is 0 Å². The Morgan fingerprint density at radius 2 is 2.10 bits per heavy atom. The van der Waals surface area contributed by atoms with E-state index in [0.717, 1.165) is 24.4 Å². The minimum Gasteiger partial charge on any atom is -0.295 e. The van der Waals surface area contributed by atoms with Crippen LogP contribution in [0, 0.1) is 0 Å². The minimum absolute atomic E-state index is 0.273. The van der Waals surface area contributed by atoms with Crippen LogP contribution < -0.4 is 0 Å². The van der Waals surface area contributed by atoms with Gasteiger partial charge in [-0.15, -0.1) is 0 Å². The first kappa shape index (κ1) is 15.8. The lowest BCUT2D eigenvalue weighted by atomic mass is 10.0. The summed E-state index contributed by atoms with van der Waals surface area (Å²) in [7, 11) is -3.07. The molecule has 1 aromatic rings. The number of hydrogen-bond acceptors (Lipinski definition) is 3. The van der Waals surface area contributed by atoms with Gasteiger partial charge in [0.05, 0.1) is 4.75 Å². The normalized spacial score (nSPS) is 21.3. The maximum absolute atomic E-state index is 11.9. The fourth-order valence-corrected chi connectivity index (χ4v) is 3.31. The number of sulfone groups is 1. The van der Waals surface area contributed by atoms with Crippen LogP contribution in [-0.2, 0) is 9.84 Å². The van der Waals surface area contributed by atoms with Crippen LogP contribution in [0.1, 0.15) is 38.3 Å². The lowest BCUT2D eigenvalue weighted by molar-refractivity contribution is 0.236. The molecule has 1 fully saturated rings. The lowest BCUT2D eigenvalue weighted by Gasteiger charge is -2.32. The van der Waals surface area contributed by atoms with Gasteiger partial charge >= 0.3 is 0 Å². The first-order valence-corrected chi connectivity index (χ1v) is 9.17. The molecule has 0 unspecified atom stereocenters. The van der Waals surface area contributed by atoms with Crippen molar-refractivity contribution in [3.63, 3.8) is 0 Å². The van der Waals surface area contributed by atoms with Crippen LogP contribution in [0.3, 0.4) is 0 Å². The summed E-state index contributed by atoms with van der Waals surface area (Å²) in [5.74, 6) is 0. The van der Waals surface area contributed by atoms with E-state index in [0.29, 0.717) is 6.54 Å². The van der Waals surface area contributed by atoms with Gasteiger partial charge in [0.25, 0.3) is 0 Å². The van der Waals surface area contributed by atoms with E-state index in [1.165, 1.54) is 11.8 Å². The second-order valence-corrected chi connectivity index (χ2v) is 9.30. The molecule has 0 saturated carbocycles. The molecule has 112 valence electrons. The van der Waals surface area contributed by atoms with Crippen molar-refractivity contribution in [3.05, 3.63) is 34.9 Å². The van der Waals surface area contributed by atoms with Crippen molar-refractivity contribution >= 4 is 21.4 Å². The maximum atomic E-state index is 11.9. The number of halogens is 1. The Morgan fingerprint density at radius 3 is 2.70 bits per heavy atom. The van der Waals surface area contributed by atoms with E-state index in [-0.39, 0.29) is 6.04 Å². The number of likely N-dealkylation sites (tertiary alicyclic amines) is 1. The summed E-state index contributed by atoms with van der Waals surface area (Å²) in [6, 6.07) is 8.15. The monoisotopic (exact) mass is 315 g/mol. The van der Waals surface area contributed by atoms with Crippen LogP contribution in [0.25, 0.3) is 0 Å². The van der Waals surface area contributed by atoms with Gasteiger partial charge < -0.3 is 0 Å². The summed E-state index contributed by atoms with van der Waals surface area (Å²) in [4.78, 5) is 2.27. The highest BCUT2D eigenvalue weighted by molar-refractivity contribution is 7.92. The second-order valence-electron chi connectivity index (χ2n) is 6.22. The zero-order valence-electron chi connectivity index (χ0n) is 12.3. The van der Waals surface area contributed by atoms with Gasteiger partial charge in [-0.05, 0) is 50.9 Å². The Hall–Kier alpha value is -0.580. The first-order valence-electron chi connectivity index (χ1n) is 6.90. The predicted molar refractivity (Wildman–Crippen MR) is 83.9 cm³/mol. The summed E-state index contributed by atoms with van der Waals surface area (Å²) in [6.07, 6.45) is 3.47. The Labute approximate surface area is 126 Å². The van der Waals surface area contributed by atoms with Crippen molar-refractivity contribution < 1.29 is 8.42 Å². The molecule has 1 aromatic carbocycles. The van der Waals surface area contributed by atoms with Gasteiger partial charge in [-0.2, -0.15) is 0 Å². The molecule has 0 spiro atoms. The third-order valence-electron chi connectivity index (χ3n) is 4.18. The predicted octanol–water partition coefficient (Wildman–Crippen LogP) is 3.30. The zero-order valence-corrected chi connectivity index (χ0v) is 13.8. The van der Waals surface area contributed by atoms with E-state index in [1.807, 2.05) is 18.2 Å². The molecule has 3 nitrogen and oxygen atoms in total. The molecule has 1 atom stereocenters. The number of rotatable bonds is 4. The molecule has 0 aromatic heterocycles. The van der Waals surface area contributed by atoms with Crippen molar-refractivity contribution in [2.75, 3.05) is 19.3 Å². The summed E-state index contributed by atoms with van der Waals surface area (Å²) >= 11 is 6.06. The molecular weight excluding hydrogens is 294 g/mol. The molecule has 0 bridgehead atoms. The molecule has 1 aliphatic heterocycles. The summed E-state index contributed by atoms with van der Waals surface area (Å²) in [6.45, 7) is 5.10. The smallest absolute Gasteiger partial charge is 0.153 e. The van der Waals surface area contributed by atoms with Crippen LogP contribution in [0.2, 0.25) is 5.02 Å². The van der Waals surface area contributed by atoms with Gasteiger partial charge in [0.1, 0.15) is 0 Å². The Balaban J connectivity index is 2.20. The average molecular weight is 316 g/mol. The van der Waals surface area contributed by atoms with E-state index in [1.54, 1.807) is 13.8 Å². The highest BCUT2D eigenvalue weighted by Gasteiger charge is 2.36. The summed E-state index contributed by atoms with van der Waals surface area (Å²) < 4.78 is 23.1. The largest absolute Gasteiger partial charge is 0.295 e. The third-order valence-corrected chi connectivity index (χ3v) is 6.56. The van der Waals surface area contributed by atoms with Crippen molar-refractivity contribution in [1.82, 2.24) is 4.90 Å². The average Bonchev–Trinajstić information content (AvgIpc) is 2.74. The van der Waals surface area contributed by atoms with E-state index < -0.39 is 14.6 Å². The number of benzene rings is 1. The van der Waals surface area contributed by atoms with Crippen molar-refractivity contribution in [3.8, 4) is 0 Å². The number of nitrogens with zero attached hydrogens (tertiary/aromatic N) is 1. The quantitative estimate of drug-likeness (QED) is 0.855. The first-order chi connectivity index (χ1) is 9.21. The highest BCUT2D eigenvalue weighted by Crippen LogP contribution is 2.35. The number of hydrogen-bond donors (Lipinski definition) is 0. The standard InChI is InChI=1S/C15H22ClNO2S/c1-15(2,20(3,18)19)11-17-9-5-8-14(17)12-6-4-7-13(16)10-12/h4,6-7,10,14H,5,8-9,11H2,1-3H3/t14-/m0/s1. The fourth-order valence-electron chi connectivity index (χ4n) is 2.71. The lowest BCUT2D eigenvalue weighted by Crippen LogP contribution is -2.43. The van der Waals surface area contributed by atoms with Gasteiger partial charge in [0.15, 0.2) is 9.84 Å². The van der Waals surface area contributed by atoms with Crippen molar-refractivity contribution in [2.24, 2.45) is 0 Å². The summed E-state index contributed by atoms with van der Waals surface area (Å²) in [5, 5.41) is 0.733. The van der Waals surface area contributed by atoms with Gasteiger partial charge in [-0.1, -0.05) is 23.7 Å². The zero-order chi connectivity index (χ0) is 15.0. The summed E-state index contributed by atoms with van der Waals surface area (Å²) in [5.41, 5.74) is 1.18.